The Morgan fingerprint density at radius 3 is 2.00 bits per heavy atom. The van der Waals surface area contributed by atoms with Gasteiger partial charge in [-0.25, -0.2) is 0 Å². The summed E-state index contributed by atoms with van der Waals surface area (Å²) in [5.41, 5.74) is 1.26. The first kappa shape index (κ1) is 16.2. The van der Waals surface area contributed by atoms with E-state index in [1.54, 1.807) is 30.3 Å². The number of phenols is 2. The first-order valence-electron chi connectivity index (χ1n) is 7.04. The van der Waals surface area contributed by atoms with Gasteiger partial charge in [0, 0.05) is 12.0 Å². The van der Waals surface area contributed by atoms with Gasteiger partial charge in [0.15, 0.2) is 11.6 Å². The van der Waals surface area contributed by atoms with Crippen molar-refractivity contribution in [2.75, 3.05) is 0 Å². The molecule has 4 heteroatoms. The van der Waals surface area contributed by atoms with Crippen LogP contribution in [0.15, 0.2) is 66.8 Å². The van der Waals surface area contributed by atoms with Crippen molar-refractivity contribution < 1.29 is 19.8 Å². The van der Waals surface area contributed by atoms with Crippen molar-refractivity contribution in [2.45, 2.75) is 6.42 Å². The summed E-state index contributed by atoms with van der Waals surface area (Å²) >= 11 is 0. The molecule has 0 radical (unpaired) electrons. The molecule has 2 rings (SSSR count). The first-order valence-corrected chi connectivity index (χ1v) is 7.04. The zero-order chi connectivity index (χ0) is 16.7. The Morgan fingerprint density at radius 1 is 0.826 bits per heavy atom. The highest BCUT2D eigenvalue weighted by molar-refractivity contribution is 6.05. The Labute approximate surface area is 134 Å². The minimum atomic E-state index is -0.222. The fourth-order valence-electron chi connectivity index (χ4n) is 1.85. The van der Waals surface area contributed by atoms with E-state index in [0.717, 1.165) is 5.56 Å². The maximum Gasteiger partial charge on any atom is 0.185 e. The number of hydrogen-bond donors (Lipinski definition) is 2. The van der Waals surface area contributed by atoms with Crippen LogP contribution in [0.25, 0.3) is 6.08 Å². The summed E-state index contributed by atoms with van der Waals surface area (Å²) in [6, 6.07) is 12.4. The molecule has 0 saturated carbocycles. The van der Waals surface area contributed by atoms with Crippen LogP contribution in [0.4, 0.5) is 0 Å². The molecular weight excluding hydrogens is 292 g/mol. The van der Waals surface area contributed by atoms with Crippen LogP contribution in [-0.2, 0) is 4.79 Å². The number of benzene rings is 2. The topological polar surface area (TPSA) is 74.6 Å². The second-order valence-electron chi connectivity index (χ2n) is 4.91. The quantitative estimate of drug-likeness (QED) is 0.632. The average molecular weight is 308 g/mol. The van der Waals surface area contributed by atoms with Crippen LogP contribution in [0.5, 0.6) is 11.5 Å². The number of aromatic hydroxyl groups is 2. The third-order valence-corrected chi connectivity index (χ3v) is 3.09. The minimum absolute atomic E-state index is 0.0973. The van der Waals surface area contributed by atoms with Crippen LogP contribution in [0, 0.1) is 0 Å². The molecule has 0 aliphatic carbocycles. The lowest BCUT2D eigenvalue weighted by Crippen LogP contribution is -1.95. The molecule has 4 nitrogen and oxygen atoms in total. The molecule has 0 spiro atoms. The molecule has 2 N–H and O–H groups in total. The summed E-state index contributed by atoms with van der Waals surface area (Å²) < 4.78 is 0. The molecule has 0 aromatic heterocycles. The van der Waals surface area contributed by atoms with E-state index in [1.165, 1.54) is 42.5 Å². The van der Waals surface area contributed by atoms with Gasteiger partial charge in [0.1, 0.15) is 11.5 Å². The molecule has 0 aliphatic rings. The maximum atomic E-state index is 11.8. The van der Waals surface area contributed by atoms with Crippen molar-refractivity contribution >= 4 is 17.6 Å². The zero-order valence-electron chi connectivity index (χ0n) is 12.3. The molecule has 0 aliphatic heterocycles. The molecule has 0 amide bonds. The van der Waals surface area contributed by atoms with Crippen LogP contribution in [0.3, 0.4) is 0 Å². The Bertz CT molecular complexity index is 738. The highest BCUT2D eigenvalue weighted by Gasteiger charge is 2.01. The van der Waals surface area contributed by atoms with Crippen LogP contribution in [0.1, 0.15) is 22.3 Å². The average Bonchev–Trinajstić information content (AvgIpc) is 2.55. The number of hydrogen-bond acceptors (Lipinski definition) is 4. The van der Waals surface area contributed by atoms with E-state index >= 15 is 0 Å². The van der Waals surface area contributed by atoms with E-state index < -0.39 is 0 Å². The van der Waals surface area contributed by atoms with Gasteiger partial charge in [0.2, 0.25) is 0 Å². The van der Waals surface area contributed by atoms with Crippen LogP contribution >= 0.6 is 0 Å². The number of carbonyl (C=O) groups is 2. The molecule has 2 aromatic rings. The second-order valence-corrected chi connectivity index (χ2v) is 4.91. The highest BCUT2D eigenvalue weighted by Crippen LogP contribution is 2.12. The molecule has 0 bridgehead atoms. The Balaban J connectivity index is 1.87. The first-order chi connectivity index (χ1) is 11.0. The lowest BCUT2D eigenvalue weighted by molar-refractivity contribution is -0.113. The summed E-state index contributed by atoms with van der Waals surface area (Å²) in [5.74, 6) is -0.0858. The van der Waals surface area contributed by atoms with Crippen molar-refractivity contribution in [3.63, 3.8) is 0 Å². The van der Waals surface area contributed by atoms with Crippen molar-refractivity contribution in [3.05, 3.63) is 77.9 Å². The van der Waals surface area contributed by atoms with Gasteiger partial charge in [-0.05, 0) is 54.1 Å². The number of allylic oxidation sites excluding steroid dienone is 3. The molecular formula is C19H16O4. The fraction of sp³-hybridized carbons (Fsp3) is 0.0526. The normalized spacial score (nSPS) is 11.1. The molecule has 0 fully saturated rings. The second kappa shape index (κ2) is 7.75. The standard InChI is InChI=1S/C19H16O4/c20-16(9-4-14-5-10-17(21)11-6-14)2-1-3-19(23)15-7-12-18(22)13-8-15/h1,3-13,21-22H,2H2/b3-1?,9-4+. The molecule has 0 unspecified atom stereocenters. The van der Waals surface area contributed by atoms with Gasteiger partial charge in [-0.2, -0.15) is 0 Å². The molecule has 2 aromatic carbocycles. The summed E-state index contributed by atoms with van der Waals surface area (Å²) in [7, 11) is 0. The summed E-state index contributed by atoms with van der Waals surface area (Å²) in [4.78, 5) is 23.5. The van der Waals surface area contributed by atoms with Gasteiger partial charge in [-0.1, -0.05) is 24.3 Å². The largest absolute Gasteiger partial charge is 0.508 e. The third kappa shape index (κ3) is 5.28. The van der Waals surface area contributed by atoms with Crippen molar-refractivity contribution in [3.8, 4) is 11.5 Å². The van der Waals surface area contributed by atoms with Crippen LogP contribution < -0.4 is 0 Å². The van der Waals surface area contributed by atoms with E-state index in [-0.39, 0.29) is 29.5 Å². The molecule has 116 valence electrons. The predicted molar refractivity (Wildman–Crippen MR) is 88.3 cm³/mol. The van der Waals surface area contributed by atoms with Crippen LogP contribution in [-0.4, -0.2) is 21.8 Å². The van der Waals surface area contributed by atoms with E-state index in [4.69, 9.17) is 10.2 Å². The maximum absolute atomic E-state index is 11.8. The van der Waals surface area contributed by atoms with Crippen molar-refractivity contribution in [1.82, 2.24) is 0 Å². The monoisotopic (exact) mass is 308 g/mol. The van der Waals surface area contributed by atoms with Crippen LogP contribution in [0.2, 0.25) is 0 Å². The Morgan fingerprint density at radius 2 is 1.39 bits per heavy atom. The summed E-state index contributed by atoms with van der Waals surface area (Å²) in [5, 5.41) is 18.3. The number of phenolic OH excluding ortho intramolecular Hbond substituents is 2. The molecule has 0 atom stereocenters. The van der Waals surface area contributed by atoms with E-state index in [1.807, 2.05) is 0 Å². The smallest absolute Gasteiger partial charge is 0.185 e. The minimum Gasteiger partial charge on any atom is -0.508 e. The Hall–Kier alpha value is -3.14. The van der Waals surface area contributed by atoms with Gasteiger partial charge in [-0.15, -0.1) is 0 Å². The van der Waals surface area contributed by atoms with Gasteiger partial charge < -0.3 is 10.2 Å². The van der Waals surface area contributed by atoms with Gasteiger partial charge >= 0.3 is 0 Å². The van der Waals surface area contributed by atoms with E-state index in [2.05, 4.69) is 0 Å². The van der Waals surface area contributed by atoms with E-state index in [0.29, 0.717) is 5.56 Å². The summed E-state index contributed by atoms with van der Waals surface area (Å²) in [6.45, 7) is 0. The summed E-state index contributed by atoms with van der Waals surface area (Å²) in [6.07, 6.45) is 6.06. The van der Waals surface area contributed by atoms with Crippen molar-refractivity contribution in [2.24, 2.45) is 0 Å². The van der Waals surface area contributed by atoms with Gasteiger partial charge in [0.05, 0.1) is 0 Å². The zero-order valence-corrected chi connectivity index (χ0v) is 12.3. The van der Waals surface area contributed by atoms with Crippen molar-refractivity contribution in [1.29, 1.82) is 0 Å². The molecule has 0 heterocycles. The van der Waals surface area contributed by atoms with E-state index in [9.17, 15) is 9.59 Å². The Kier molecular flexibility index (Phi) is 5.47. The third-order valence-electron chi connectivity index (χ3n) is 3.09. The lowest BCUT2D eigenvalue weighted by atomic mass is 10.1. The molecule has 0 saturated heterocycles. The lowest BCUT2D eigenvalue weighted by Gasteiger charge is -1.96. The van der Waals surface area contributed by atoms with Gasteiger partial charge in [-0.3, -0.25) is 9.59 Å². The number of ketones is 2. The fourth-order valence-corrected chi connectivity index (χ4v) is 1.85. The molecule has 23 heavy (non-hydrogen) atoms. The van der Waals surface area contributed by atoms with Gasteiger partial charge in [0.25, 0.3) is 0 Å². The number of carbonyl (C=O) groups excluding carboxylic acids is 2. The predicted octanol–water partition coefficient (Wildman–Crippen LogP) is 3.51. The highest BCUT2D eigenvalue weighted by atomic mass is 16.3. The number of rotatable bonds is 6. The SMILES string of the molecule is O=C(/C=C/c1ccc(O)cc1)CC=CC(=O)c1ccc(O)cc1.